The lowest BCUT2D eigenvalue weighted by atomic mass is 9.99. The van der Waals surface area contributed by atoms with Gasteiger partial charge >= 0.3 is 0 Å². The molecule has 0 aliphatic carbocycles. The van der Waals surface area contributed by atoms with Gasteiger partial charge in [-0.3, -0.25) is 9.69 Å². The smallest absolute Gasteiger partial charge is 0.224 e. The summed E-state index contributed by atoms with van der Waals surface area (Å²) in [6.07, 6.45) is 4.29. The number of nitrogens with one attached hydrogen (secondary N) is 3. The fourth-order valence-corrected chi connectivity index (χ4v) is 4.64. The van der Waals surface area contributed by atoms with Gasteiger partial charge in [0.05, 0.1) is 12.5 Å². The topological polar surface area (TPSA) is 79.0 Å². The Hall–Kier alpha value is -2.94. The number of benzene rings is 1. The average Bonchev–Trinajstić information content (AvgIpc) is 3.39. The molecule has 0 radical (unpaired) electrons. The number of aromatic nitrogens is 1. The van der Waals surface area contributed by atoms with E-state index in [0.717, 1.165) is 66.5 Å². The molecule has 32 heavy (non-hydrogen) atoms. The number of H-pyrrole nitrogens is 1. The number of hydrazine groups is 1. The summed E-state index contributed by atoms with van der Waals surface area (Å²) in [6, 6.07) is 10.5. The van der Waals surface area contributed by atoms with Crippen molar-refractivity contribution in [2.45, 2.75) is 12.5 Å². The number of hydrogen-bond donors (Lipinski definition) is 3. The maximum atomic E-state index is 12.5. The largest absolute Gasteiger partial charge is 0.355 e. The average molecular weight is 434 g/mol. The van der Waals surface area contributed by atoms with Crippen LogP contribution in [-0.4, -0.2) is 85.3 Å². The summed E-state index contributed by atoms with van der Waals surface area (Å²) < 4.78 is 0. The standard InChI is InChI=1S/C24H31N7O/c1-29-8-10-31(11-9-29)7-6-25-22(32)13-17-4-3-5-18(12-17)21-14-20-23-19(16-27-30(23)2)15-26-24(20)28-21/h3-5,12,14-16,23,27-28H,6-11,13H2,1-2H3,(H,25,32). The molecule has 1 saturated heterocycles. The van der Waals surface area contributed by atoms with Gasteiger partial charge in [0.2, 0.25) is 5.91 Å². The number of fused-ring (bicyclic) bond motifs is 3. The first-order valence-corrected chi connectivity index (χ1v) is 11.3. The Balaban J connectivity index is 1.20. The van der Waals surface area contributed by atoms with Gasteiger partial charge in [0.25, 0.3) is 0 Å². The number of hydrogen-bond acceptors (Lipinski definition) is 6. The Kier molecular flexibility index (Phi) is 5.82. The van der Waals surface area contributed by atoms with Gasteiger partial charge in [-0.1, -0.05) is 18.2 Å². The number of rotatable bonds is 6. The van der Waals surface area contributed by atoms with Crippen LogP contribution in [0, 0.1) is 0 Å². The van der Waals surface area contributed by atoms with Crippen LogP contribution in [0.25, 0.3) is 11.3 Å². The summed E-state index contributed by atoms with van der Waals surface area (Å²) in [5.74, 6) is 0.963. The number of amides is 1. The van der Waals surface area contributed by atoms with Crippen molar-refractivity contribution in [2.24, 2.45) is 4.99 Å². The molecular formula is C24H31N7O. The molecule has 1 atom stereocenters. The predicted molar refractivity (Wildman–Crippen MR) is 127 cm³/mol. The molecule has 1 unspecified atom stereocenters. The second kappa shape index (κ2) is 8.90. The zero-order valence-corrected chi connectivity index (χ0v) is 18.8. The number of likely N-dealkylation sites (N-methyl/N-ethyl adjacent to an activating group) is 2. The Morgan fingerprint density at radius 3 is 2.88 bits per heavy atom. The first-order valence-electron chi connectivity index (χ1n) is 11.3. The zero-order valence-electron chi connectivity index (χ0n) is 18.8. The van der Waals surface area contributed by atoms with Gasteiger partial charge in [-0.2, -0.15) is 0 Å². The molecule has 0 spiro atoms. The summed E-state index contributed by atoms with van der Waals surface area (Å²) in [6.45, 7) is 5.95. The lowest BCUT2D eigenvalue weighted by Gasteiger charge is -2.32. The molecule has 1 fully saturated rings. The van der Waals surface area contributed by atoms with Crippen LogP contribution in [0.15, 0.2) is 47.1 Å². The van der Waals surface area contributed by atoms with Crippen molar-refractivity contribution in [3.8, 4) is 11.3 Å². The second-order valence-electron chi connectivity index (χ2n) is 8.90. The van der Waals surface area contributed by atoms with E-state index in [1.165, 1.54) is 0 Å². The van der Waals surface area contributed by atoms with Gasteiger partial charge in [0.15, 0.2) is 0 Å². The third-order valence-electron chi connectivity index (χ3n) is 6.55. The van der Waals surface area contributed by atoms with Crippen LogP contribution >= 0.6 is 0 Å². The normalized spacial score (nSPS) is 21.1. The molecule has 3 aliphatic heterocycles. The van der Waals surface area contributed by atoms with E-state index in [0.29, 0.717) is 13.0 Å². The van der Waals surface area contributed by atoms with Crippen LogP contribution in [0.3, 0.4) is 0 Å². The van der Waals surface area contributed by atoms with Crippen molar-refractivity contribution in [1.82, 2.24) is 30.5 Å². The molecule has 4 heterocycles. The summed E-state index contributed by atoms with van der Waals surface area (Å²) in [5.41, 5.74) is 8.65. The number of piperazine rings is 1. The monoisotopic (exact) mass is 433 g/mol. The van der Waals surface area contributed by atoms with Crippen molar-refractivity contribution in [3.63, 3.8) is 0 Å². The van der Waals surface area contributed by atoms with E-state index in [1.54, 1.807) is 0 Å². The van der Waals surface area contributed by atoms with E-state index >= 15 is 0 Å². The van der Waals surface area contributed by atoms with E-state index in [9.17, 15) is 4.79 Å². The van der Waals surface area contributed by atoms with Crippen LogP contribution in [0.4, 0.5) is 5.82 Å². The Labute approximate surface area is 189 Å². The van der Waals surface area contributed by atoms with Crippen molar-refractivity contribution < 1.29 is 4.79 Å². The zero-order chi connectivity index (χ0) is 22.1. The summed E-state index contributed by atoms with van der Waals surface area (Å²) >= 11 is 0. The molecule has 3 aliphatic rings. The summed E-state index contributed by atoms with van der Waals surface area (Å²) in [5, 5.41) is 5.16. The van der Waals surface area contributed by atoms with E-state index < -0.39 is 0 Å². The van der Waals surface area contributed by atoms with Crippen LogP contribution in [0.1, 0.15) is 17.2 Å². The van der Waals surface area contributed by atoms with Gasteiger partial charge < -0.3 is 20.6 Å². The van der Waals surface area contributed by atoms with Crippen LogP contribution in [-0.2, 0) is 11.2 Å². The highest BCUT2D eigenvalue weighted by atomic mass is 16.1. The highest BCUT2D eigenvalue weighted by molar-refractivity contribution is 5.88. The van der Waals surface area contributed by atoms with Gasteiger partial charge in [-0.15, -0.1) is 0 Å². The van der Waals surface area contributed by atoms with Crippen molar-refractivity contribution in [3.05, 3.63) is 53.2 Å². The third-order valence-corrected chi connectivity index (χ3v) is 6.55. The van der Waals surface area contributed by atoms with Gasteiger partial charge in [0, 0.05) is 75.6 Å². The molecule has 8 nitrogen and oxygen atoms in total. The number of carbonyl (C=O) groups is 1. The fourth-order valence-electron chi connectivity index (χ4n) is 4.64. The van der Waals surface area contributed by atoms with Crippen molar-refractivity contribution >= 4 is 17.9 Å². The van der Waals surface area contributed by atoms with Crippen molar-refractivity contribution in [1.29, 1.82) is 0 Å². The predicted octanol–water partition coefficient (Wildman–Crippen LogP) is 1.68. The molecule has 8 heteroatoms. The Bertz CT molecular complexity index is 1050. The third kappa shape index (κ3) is 4.34. The molecule has 3 N–H and O–H groups in total. The summed E-state index contributed by atoms with van der Waals surface area (Å²) in [7, 11) is 4.19. The molecule has 1 aromatic heterocycles. The Morgan fingerprint density at radius 2 is 2.03 bits per heavy atom. The molecule has 168 valence electrons. The molecule has 2 aromatic rings. The van der Waals surface area contributed by atoms with Gasteiger partial charge in [-0.25, -0.2) is 10.0 Å². The Morgan fingerprint density at radius 1 is 1.19 bits per heavy atom. The summed E-state index contributed by atoms with van der Waals surface area (Å²) in [4.78, 5) is 25.3. The quantitative estimate of drug-likeness (QED) is 0.646. The van der Waals surface area contributed by atoms with Gasteiger partial charge in [-0.05, 0) is 30.3 Å². The molecule has 0 bridgehead atoms. The molecule has 1 aromatic carbocycles. The first-order chi connectivity index (χ1) is 15.6. The first kappa shape index (κ1) is 20.9. The minimum Gasteiger partial charge on any atom is -0.355 e. The molecule has 0 saturated carbocycles. The minimum absolute atomic E-state index is 0.0695. The second-order valence-corrected chi connectivity index (χ2v) is 8.90. The molecular weight excluding hydrogens is 402 g/mol. The number of carbonyl (C=O) groups excluding carboxylic acids is 1. The maximum absolute atomic E-state index is 12.5. The highest BCUT2D eigenvalue weighted by Crippen LogP contribution is 2.40. The fraction of sp³-hybridized carbons (Fsp3) is 0.417. The SMILES string of the molecule is CN1CCN(CCNC(=O)Cc2cccc(-c3cc4c([nH]3)N=CC3=CNN(C)C34)c2)CC1. The van der Waals surface area contributed by atoms with Crippen LogP contribution in [0.2, 0.25) is 0 Å². The molecule has 5 rings (SSSR count). The van der Waals surface area contributed by atoms with E-state index in [2.05, 4.69) is 60.8 Å². The molecule has 1 amide bonds. The highest BCUT2D eigenvalue weighted by Gasteiger charge is 2.31. The van der Waals surface area contributed by atoms with E-state index in [4.69, 9.17) is 0 Å². The lowest BCUT2D eigenvalue weighted by Crippen LogP contribution is -2.47. The van der Waals surface area contributed by atoms with Crippen molar-refractivity contribution in [2.75, 3.05) is 53.4 Å². The maximum Gasteiger partial charge on any atom is 0.224 e. The van der Waals surface area contributed by atoms with E-state index in [-0.39, 0.29) is 11.9 Å². The van der Waals surface area contributed by atoms with Gasteiger partial charge in [0.1, 0.15) is 5.82 Å². The number of aliphatic imine (C=N–C) groups is 1. The van der Waals surface area contributed by atoms with Crippen LogP contribution in [0.5, 0.6) is 0 Å². The minimum atomic E-state index is 0.0695. The van der Waals surface area contributed by atoms with Crippen LogP contribution < -0.4 is 10.7 Å². The lowest BCUT2D eigenvalue weighted by molar-refractivity contribution is -0.120. The number of nitrogens with zero attached hydrogens (tertiary/aromatic N) is 4. The number of aromatic amines is 1. The van der Waals surface area contributed by atoms with E-state index in [1.807, 2.05) is 31.6 Å².